The topological polar surface area (TPSA) is 40.1 Å². The summed E-state index contributed by atoms with van der Waals surface area (Å²) in [6.45, 7) is 3.03. The summed E-state index contributed by atoms with van der Waals surface area (Å²) in [5.41, 5.74) is 0. The van der Waals surface area contributed by atoms with E-state index in [9.17, 15) is 0 Å². The first-order valence-corrected chi connectivity index (χ1v) is 3.84. The molecule has 0 fully saturated rings. The number of unbranched alkanes of at least 4 members (excludes halogenated alkanes) is 1. The minimum absolute atomic E-state index is 0.500. The number of carbonyl (C=O) groups is 1. The summed E-state index contributed by atoms with van der Waals surface area (Å²) in [6, 6.07) is 0. The van der Waals surface area contributed by atoms with Crippen molar-refractivity contribution < 1.29 is 14.4 Å². The van der Waals surface area contributed by atoms with Gasteiger partial charge in [-0.2, -0.15) is 0 Å². The van der Waals surface area contributed by atoms with E-state index in [1.54, 1.807) is 0 Å². The van der Waals surface area contributed by atoms with E-state index >= 15 is 0 Å². The second kappa shape index (κ2) is 7.54. The maximum Gasteiger partial charge on any atom is 0.0780 e. The molecule has 0 saturated heterocycles. The smallest absolute Gasteiger partial charge is 0.0780 e. The van der Waals surface area contributed by atoms with Gasteiger partial charge in [-0.25, -0.2) is 0 Å². The normalized spacial score (nSPS) is 9.82. The average molecular weight is 161 g/mol. The van der Waals surface area contributed by atoms with E-state index in [1.807, 2.05) is 0 Å². The first-order valence-electron chi connectivity index (χ1n) is 3.84. The lowest BCUT2D eigenvalue weighted by molar-refractivity contribution is -0.870. The Hall–Kier alpha value is -0.570. The molecule has 0 atom stereocenters. The van der Waals surface area contributed by atoms with Crippen LogP contribution in [-0.2, 0) is 4.79 Å². The van der Waals surface area contributed by atoms with Crippen LogP contribution in [0.25, 0.3) is 0 Å². The van der Waals surface area contributed by atoms with Gasteiger partial charge in [0.25, 0.3) is 0 Å². The quantitative estimate of drug-likeness (QED) is 0.427. The average Bonchev–Trinajstić information content (AvgIpc) is 1.84. The predicted molar refractivity (Wildman–Crippen MR) is 43.9 cm³/mol. The third-order valence-electron chi connectivity index (χ3n) is 1.18. The molecule has 0 spiro atoms. The van der Waals surface area contributed by atoms with E-state index in [-0.39, 0.29) is 0 Å². The first kappa shape index (κ1) is 13.1. The zero-order valence-corrected chi connectivity index (χ0v) is 7.96. The first-order chi connectivity index (χ1) is 4.97. The van der Waals surface area contributed by atoms with Crippen LogP contribution < -0.4 is 5.11 Å². The summed E-state index contributed by atoms with van der Waals surface area (Å²) >= 11 is 0. The van der Waals surface area contributed by atoms with Gasteiger partial charge in [0.15, 0.2) is 0 Å². The standard InChI is InChI=1S/C7H18N.CH2O2/c1-5-6-7-8(2,3)4;2-1-3/h5-7H2,1-4H3;1H,(H,2,3)/q+1;/p-1. The summed E-state index contributed by atoms with van der Waals surface area (Å²) in [5.74, 6) is 0. The highest BCUT2D eigenvalue weighted by Gasteiger charge is 2.02. The van der Waals surface area contributed by atoms with Crippen molar-refractivity contribution in [3.8, 4) is 0 Å². The number of nitrogens with zero attached hydrogens (tertiary/aromatic N) is 1. The van der Waals surface area contributed by atoms with Crippen LogP contribution in [0.15, 0.2) is 0 Å². The van der Waals surface area contributed by atoms with E-state index in [4.69, 9.17) is 9.90 Å². The lowest BCUT2D eigenvalue weighted by Crippen LogP contribution is -2.35. The van der Waals surface area contributed by atoms with Crippen LogP contribution in [0.2, 0.25) is 0 Å². The molecule has 0 aliphatic carbocycles. The third-order valence-corrected chi connectivity index (χ3v) is 1.18. The van der Waals surface area contributed by atoms with Crippen LogP contribution in [-0.4, -0.2) is 38.6 Å². The molecular formula is C8H19NO2. The molecule has 0 unspecified atom stereocenters. The molecule has 0 radical (unpaired) electrons. The van der Waals surface area contributed by atoms with Gasteiger partial charge >= 0.3 is 0 Å². The zero-order valence-electron chi connectivity index (χ0n) is 7.96. The monoisotopic (exact) mass is 161 g/mol. The molecule has 0 aromatic carbocycles. The fourth-order valence-corrected chi connectivity index (χ4v) is 0.632. The molecule has 3 nitrogen and oxygen atoms in total. The molecule has 0 aromatic rings. The molecule has 3 heteroatoms. The van der Waals surface area contributed by atoms with E-state index < -0.39 is 6.47 Å². The molecule has 0 aliphatic heterocycles. The van der Waals surface area contributed by atoms with Gasteiger partial charge in [0, 0.05) is 6.47 Å². The Kier molecular flexibility index (Phi) is 8.94. The minimum atomic E-state index is -0.500. The van der Waals surface area contributed by atoms with Crippen LogP contribution >= 0.6 is 0 Å². The van der Waals surface area contributed by atoms with Gasteiger partial charge in [0.05, 0.1) is 27.7 Å². The molecule has 0 aromatic heterocycles. The van der Waals surface area contributed by atoms with Gasteiger partial charge in [0.1, 0.15) is 0 Å². The molecule has 0 N–H and O–H groups in total. The van der Waals surface area contributed by atoms with Crippen LogP contribution in [0.5, 0.6) is 0 Å². The SMILES string of the molecule is CCCC[N+](C)(C)C.O=C[O-]. The van der Waals surface area contributed by atoms with Crippen molar-refractivity contribution in [3.63, 3.8) is 0 Å². The molecular weight excluding hydrogens is 142 g/mol. The maximum absolute atomic E-state index is 8.25. The van der Waals surface area contributed by atoms with Crippen LogP contribution in [0, 0.1) is 0 Å². The highest BCUT2D eigenvalue weighted by atomic mass is 16.3. The van der Waals surface area contributed by atoms with Gasteiger partial charge < -0.3 is 14.4 Å². The Morgan fingerprint density at radius 1 is 1.36 bits per heavy atom. The molecule has 0 saturated carbocycles. The molecule has 0 amide bonds. The van der Waals surface area contributed by atoms with Gasteiger partial charge in [0.2, 0.25) is 0 Å². The summed E-state index contributed by atoms with van der Waals surface area (Å²) in [6.07, 6.45) is 2.67. The van der Waals surface area contributed by atoms with Gasteiger partial charge in [-0.15, -0.1) is 0 Å². The lowest BCUT2D eigenvalue weighted by Gasteiger charge is -2.23. The van der Waals surface area contributed by atoms with E-state index in [0.717, 1.165) is 4.48 Å². The number of quaternary nitrogens is 1. The van der Waals surface area contributed by atoms with Crippen molar-refractivity contribution in [2.45, 2.75) is 19.8 Å². The molecule has 68 valence electrons. The maximum atomic E-state index is 8.25. The van der Waals surface area contributed by atoms with Gasteiger partial charge in [-0.05, 0) is 6.42 Å². The highest BCUT2D eigenvalue weighted by Crippen LogP contribution is 1.94. The predicted octanol–water partition coefficient (Wildman–Crippen LogP) is -0.141. The molecule has 0 rings (SSSR count). The summed E-state index contributed by atoms with van der Waals surface area (Å²) in [7, 11) is 6.70. The molecule has 0 bridgehead atoms. The Morgan fingerprint density at radius 2 is 1.73 bits per heavy atom. The summed E-state index contributed by atoms with van der Waals surface area (Å²) < 4.78 is 1.10. The minimum Gasteiger partial charge on any atom is -0.554 e. The van der Waals surface area contributed by atoms with Crippen LogP contribution in [0.1, 0.15) is 19.8 Å². The Labute approximate surface area is 69.2 Å². The van der Waals surface area contributed by atoms with Gasteiger partial charge in [-0.3, -0.25) is 0 Å². The largest absolute Gasteiger partial charge is 0.554 e. The van der Waals surface area contributed by atoms with Crippen molar-refractivity contribution in [2.75, 3.05) is 27.7 Å². The molecule has 0 heterocycles. The molecule has 0 aliphatic rings. The van der Waals surface area contributed by atoms with Gasteiger partial charge in [-0.1, -0.05) is 13.3 Å². The number of hydrogen-bond acceptors (Lipinski definition) is 2. The van der Waals surface area contributed by atoms with Crippen molar-refractivity contribution in [1.82, 2.24) is 0 Å². The highest BCUT2D eigenvalue weighted by molar-refractivity contribution is 5.29. The van der Waals surface area contributed by atoms with E-state index in [0.29, 0.717) is 0 Å². The Balaban J connectivity index is 0. The molecule has 11 heavy (non-hydrogen) atoms. The Morgan fingerprint density at radius 3 is 1.82 bits per heavy atom. The second-order valence-electron chi connectivity index (χ2n) is 3.46. The van der Waals surface area contributed by atoms with Crippen molar-refractivity contribution >= 4 is 6.47 Å². The Bertz CT molecular complexity index is 86.6. The number of carboxylic acid groups (broad SMARTS) is 1. The summed E-state index contributed by atoms with van der Waals surface area (Å²) in [4.78, 5) is 8.25. The van der Waals surface area contributed by atoms with Crippen molar-refractivity contribution in [1.29, 1.82) is 0 Å². The van der Waals surface area contributed by atoms with Crippen LogP contribution in [0.4, 0.5) is 0 Å². The fraction of sp³-hybridized carbons (Fsp3) is 0.875. The van der Waals surface area contributed by atoms with E-state index in [1.165, 1.54) is 19.4 Å². The third kappa shape index (κ3) is 26.5. The lowest BCUT2D eigenvalue weighted by atomic mass is 10.3. The second-order valence-corrected chi connectivity index (χ2v) is 3.46. The van der Waals surface area contributed by atoms with Crippen LogP contribution in [0.3, 0.4) is 0 Å². The van der Waals surface area contributed by atoms with Crippen molar-refractivity contribution in [3.05, 3.63) is 0 Å². The zero-order chi connectivity index (χ0) is 9.33. The number of rotatable bonds is 3. The number of hydrogen-bond donors (Lipinski definition) is 0. The fourth-order valence-electron chi connectivity index (χ4n) is 0.632. The van der Waals surface area contributed by atoms with E-state index in [2.05, 4.69) is 28.1 Å². The summed E-state index contributed by atoms with van der Waals surface area (Å²) in [5, 5.41) is 8.25. The van der Waals surface area contributed by atoms with Crippen molar-refractivity contribution in [2.24, 2.45) is 0 Å². The number of carbonyl (C=O) groups excluding carboxylic acids is 1.